The van der Waals surface area contributed by atoms with Gasteiger partial charge in [0.15, 0.2) is 5.96 Å². The lowest BCUT2D eigenvalue weighted by Crippen LogP contribution is -2.34. The normalized spacial score (nSPS) is 15.0. The van der Waals surface area contributed by atoms with Crippen LogP contribution in [0.5, 0.6) is 5.75 Å². The number of guanidine groups is 1. The molecule has 0 radical (unpaired) electrons. The first-order valence-electron chi connectivity index (χ1n) is 8.65. The zero-order valence-electron chi connectivity index (χ0n) is 15.2. The molecule has 2 aromatic rings. The minimum atomic E-state index is -0.565. The minimum Gasteiger partial charge on any atom is -0.497 e. The van der Waals surface area contributed by atoms with Crippen LogP contribution in [0.2, 0.25) is 0 Å². The number of nitrogens with two attached hydrogens (primary N) is 1. The number of methoxy groups -OCH3 is 1. The van der Waals surface area contributed by atoms with Crippen LogP contribution in [-0.4, -0.2) is 26.2 Å². The zero-order chi connectivity index (χ0) is 18.6. The summed E-state index contributed by atoms with van der Waals surface area (Å²) >= 11 is 0. The third-order valence-electron chi connectivity index (χ3n) is 4.79. The van der Waals surface area contributed by atoms with Crippen molar-refractivity contribution in [3.05, 3.63) is 65.2 Å². The van der Waals surface area contributed by atoms with Gasteiger partial charge in [0.1, 0.15) is 17.4 Å². The first kappa shape index (κ1) is 21.4. The van der Waals surface area contributed by atoms with E-state index in [4.69, 9.17) is 10.5 Å². The van der Waals surface area contributed by atoms with E-state index in [1.807, 2.05) is 24.3 Å². The quantitative estimate of drug-likeness (QED) is 0.355. The highest BCUT2D eigenvalue weighted by molar-refractivity contribution is 14.0. The van der Waals surface area contributed by atoms with Gasteiger partial charge in [-0.2, -0.15) is 0 Å². The molecule has 1 saturated carbocycles. The Morgan fingerprint density at radius 2 is 1.89 bits per heavy atom. The lowest BCUT2D eigenvalue weighted by atomic mass is 9.95. The molecule has 3 rings (SSSR count). The molecule has 1 aliphatic rings. The topological polar surface area (TPSA) is 59.6 Å². The van der Waals surface area contributed by atoms with Gasteiger partial charge in [0, 0.05) is 18.0 Å². The molecule has 0 amide bonds. The Morgan fingerprint density at radius 1 is 1.19 bits per heavy atom. The van der Waals surface area contributed by atoms with E-state index in [1.165, 1.54) is 12.1 Å². The maximum absolute atomic E-state index is 14.0. The van der Waals surface area contributed by atoms with Gasteiger partial charge in [0.05, 0.1) is 13.7 Å². The van der Waals surface area contributed by atoms with Crippen LogP contribution in [0.25, 0.3) is 0 Å². The lowest BCUT2D eigenvalue weighted by Gasteiger charge is -2.15. The molecule has 1 aliphatic carbocycles. The number of aliphatic imine (C=N–C) groups is 1. The monoisotopic (exact) mass is 487 g/mol. The summed E-state index contributed by atoms with van der Waals surface area (Å²) in [4.78, 5) is 4.36. The summed E-state index contributed by atoms with van der Waals surface area (Å²) < 4.78 is 32.2. The van der Waals surface area contributed by atoms with Crippen LogP contribution in [0.3, 0.4) is 0 Å². The van der Waals surface area contributed by atoms with Crippen molar-refractivity contribution in [1.82, 2.24) is 5.32 Å². The second-order valence-corrected chi connectivity index (χ2v) is 6.63. The Morgan fingerprint density at radius 3 is 2.48 bits per heavy atom. The number of benzene rings is 2. The lowest BCUT2D eigenvalue weighted by molar-refractivity contribution is 0.414. The van der Waals surface area contributed by atoms with Crippen LogP contribution in [0.15, 0.2) is 47.5 Å². The van der Waals surface area contributed by atoms with E-state index in [1.54, 1.807) is 7.11 Å². The number of rotatable bonds is 7. The second kappa shape index (κ2) is 9.34. The summed E-state index contributed by atoms with van der Waals surface area (Å²) in [6.45, 7) is 1.05. The highest BCUT2D eigenvalue weighted by Crippen LogP contribution is 2.49. The summed E-state index contributed by atoms with van der Waals surface area (Å²) in [6, 6.07) is 11.6. The molecule has 0 aromatic heterocycles. The first-order chi connectivity index (χ1) is 12.5. The number of nitrogens with one attached hydrogen (secondary N) is 1. The molecular weight excluding hydrogens is 463 g/mol. The molecule has 0 saturated heterocycles. The van der Waals surface area contributed by atoms with E-state index in [0.717, 1.165) is 36.6 Å². The molecule has 27 heavy (non-hydrogen) atoms. The van der Waals surface area contributed by atoms with Crippen molar-refractivity contribution >= 4 is 29.9 Å². The van der Waals surface area contributed by atoms with Crippen molar-refractivity contribution in [1.29, 1.82) is 0 Å². The smallest absolute Gasteiger partial charge is 0.188 e. The van der Waals surface area contributed by atoms with Gasteiger partial charge in [-0.25, -0.2) is 8.78 Å². The Labute approximate surface area is 175 Å². The average Bonchev–Trinajstić information content (AvgIpc) is 3.41. The van der Waals surface area contributed by atoms with Crippen LogP contribution < -0.4 is 15.8 Å². The molecular formula is C20H24F2IN3O. The predicted molar refractivity (Wildman–Crippen MR) is 114 cm³/mol. The van der Waals surface area contributed by atoms with E-state index in [9.17, 15) is 8.78 Å². The molecule has 0 spiro atoms. The maximum Gasteiger partial charge on any atom is 0.188 e. The van der Waals surface area contributed by atoms with Gasteiger partial charge in [-0.05, 0) is 48.6 Å². The summed E-state index contributed by atoms with van der Waals surface area (Å²) in [5.74, 6) is 0.0897. The van der Waals surface area contributed by atoms with Crippen molar-refractivity contribution in [2.24, 2.45) is 10.7 Å². The Kier molecular flexibility index (Phi) is 7.41. The van der Waals surface area contributed by atoms with E-state index in [2.05, 4.69) is 10.3 Å². The molecule has 0 unspecified atom stereocenters. The second-order valence-electron chi connectivity index (χ2n) is 6.63. The van der Waals surface area contributed by atoms with E-state index >= 15 is 0 Å². The molecule has 7 heteroatoms. The minimum absolute atomic E-state index is 0. The van der Waals surface area contributed by atoms with Gasteiger partial charge >= 0.3 is 0 Å². The van der Waals surface area contributed by atoms with E-state index in [-0.39, 0.29) is 29.4 Å². The fourth-order valence-electron chi connectivity index (χ4n) is 3.00. The standard InChI is InChI=1S/C20H23F2N3O.HI/c1-26-16-5-2-14(3-6-16)8-11-24-19(23)25-13-20(9-10-20)17-7-4-15(21)12-18(17)22;/h2-7,12H,8-11,13H2,1H3,(H3,23,24,25);1H. The van der Waals surface area contributed by atoms with Crippen molar-refractivity contribution in [2.75, 3.05) is 20.2 Å². The number of hydrogen-bond donors (Lipinski definition) is 2. The molecule has 3 N–H and O–H groups in total. The highest BCUT2D eigenvalue weighted by atomic mass is 127. The molecule has 0 heterocycles. The molecule has 0 atom stereocenters. The van der Waals surface area contributed by atoms with Crippen molar-refractivity contribution in [3.63, 3.8) is 0 Å². The maximum atomic E-state index is 14.0. The summed E-state index contributed by atoms with van der Waals surface area (Å²) in [5, 5.41) is 3.08. The van der Waals surface area contributed by atoms with Crippen molar-refractivity contribution in [3.8, 4) is 5.75 Å². The molecule has 4 nitrogen and oxygen atoms in total. The van der Waals surface area contributed by atoms with E-state index < -0.39 is 11.6 Å². The predicted octanol–water partition coefficient (Wildman–Crippen LogP) is 3.77. The Hall–Kier alpha value is -1.90. The number of nitrogens with zero attached hydrogens (tertiary/aromatic N) is 1. The van der Waals surface area contributed by atoms with Gasteiger partial charge in [-0.3, -0.25) is 4.99 Å². The van der Waals surface area contributed by atoms with Crippen LogP contribution in [0.4, 0.5) is 8.78 Å². The summed E-state index contributed by atoms with van der Waals surface area (Å²) in [6.07, 6.45) is 2.47. The first-order valence-corrected chi connectivity index (χ1v) is 8.65. The third-order valence-corrected chi connectivity index (χ3v) is 4.79. The Bertz CT molecular complexity index is 792. The fourth-order valence-corrected chi connectivity index (χ4v) is 3.00. The van der Waals surface area contributed by atoms with Gasteiger partial charge < -0.3 is 15.8 Å². The third kappa shape index (κ3) is 5.54. The highest BCUT2D eigenvalue weighted by Gasteiger charge is 2.46. The van der Waals surface area contributed by atoms with E-state index in [0.29, 0.717) is 24.6 Å². The average molecular weight is 487 g/mol. The van der Waals surface area contributed by atoms with Crippen molar-refractivity contribution < 1.29 is 13.5 Å². The number of halogens is 3. The van der Waals surface area contributed by atoms with Crippen LogP contribution in [0, 0.1) is 11.6 Å². The van der Waals surface area contributed by atoms with Crippen LogP contribution in [0.1, 0.15) is 24.0 Å². The summed E-state index contributed by atoms with van der Waals surface area (Å²) in [7, 11) is 1.64. The zero-order valence-corrected chi connectivity index (χ0v) is 17.5. The van der Waals surface area contributed by atoms with Gasteiger partial charge in [0.2, 0.25) is 0 Å². The Balaban J connectivity index is 0.00000261. The molecule has 1 fully saturated rings. The largest absolute Gasteiger partial charge is 0.497 e. The SMILES string of the molecule is COc1ccc(CCNC(N)=NCC2(c3ccc(F)cc3F)CC2)cc1.I. The van der Waals surface area contributed by atoms with Crippen LogP contribution >= 0.6 is 24.0 Å². The fraction of sp³-hybridized carbons (Fsp3) is 0.350. The number of hydrogen-bond acceptors (Lipinski definition) is 2. The molecule has 0 bridgehead atoms. The van der Waals surface area contributed by atoms with Gasteiger partial charge in [0.25, 0.3) is 0 Å². The summed E-state index contributed by atoms with van der Waals surface area (Å²) in [5.41, 5.74) is 7.26. The molecule has 0 aliphatic heterocycles. The van der Waals surface area contributed by atoms with Gasteiger partial charge in [-0.15, -0.1) is 24.0 Å². The van der Waals surface area contributed by atoms with Crippen LogP contribution in [-0.2, 0) is 11.8 Å². The molecule has 2 aromatic carbocycles. The number of ether oxygens (including phenoxy) is 1. The van der Waals surface area contributed by atoms with Gasteiger partial charge in [-0.1, -0.05) is 18.2 Å². The van der Waals surface area contributed by atoms with Crippen molar-refractivity contribution in [2.45, 2.75) is 24.7 Å². The molecule has 146 valence electrons.